The molecule has 0 radical (unpaired) electrons. The van der Waals surface area contributed by atoms with Crippen molar-refractivity contribution in [2.45, 2.75) is 0 Å². The van der Waals surface area contributed by atoms with Gasteiger partial charge in [-0.3, -0.25) is 5.32 Å². The molecular weight excluding hydrogens is 222 g/mol. The van der Waals surface area contributed by atoms with Crippen LogP contribution in [0.1, 0.15) is 0 Å². The van der Waals surface area contributed by atoms with E-state index in [1.807, 2.05) is 0 Å². The van der Waals surface area contributed by atoms with Gasteiger partial charge in [0, 0.05) is 11.8 Å². The molecule has 6 nitrogen and oxygen atoms in total. The molecule has 0 unspecified atom stereocenters. The van der Waals surface area contributed by atoms with Crippen LogP contribution in [0.5, 0.6) is 0 Å². The first kappa shape index (κ1) is 9.60. The summed E-state index contributed by atoms with van der Waals surface area (Å²) in [7, 11) is 0. The molecule has 4 N–H and O–H groups in total. The molecule has 0 fully saturated rings. The molecule has 1 heterocycles. The standard InChI is InChI=1S/C8H6ClN3O3/c9-4-1-3(11-8(13)14)2-5-6(4)7(10)12-15-5/h1-2,11H,(H2,10,12)(H,13,14). The number of halogens is 1. The van der Waals surface area contributed by atoms with Gasteiger partial charge >= 0.3 is 6.09 Å². The number of rotatable bonds is 1. The number of anilines is 2. The Balaban J connectivity index is 2.58. The van der Waals surface area contributed by atoms with Gasteiger partial charge in [0.2, 0.25) is 0 Å². The van der Waals surface area contributed by atoms with E-state index in [1.54, 1.807) is 0 Å². The summed E-state index contributed by atoms with van der Waals surface area (Å²) < 4.78 is 4.86. The number of carboxylic acid groups (broad SMARTS) is 1. The molecule has 1 aromatic carbocycles. The Kier molecular flexibility index (Phi) is 2.12. The fraction of sp³-hybridized carbons (Fsp3) is 0. The Bertz CT molecular complexity index is 537. The van der Waals surface area contributed by atoms with Gasteiger partial charge in [0.1, 0.15) is 0 Å². The van der Waals surface area contributed by atoms with Crippen LogP contribution in [0.2, 0.25) is 5.02 Å². The highest BCUT2D eigenvalue weighted by molar-refractivity contribution is 6.36. The zero-order valence-electron chi connectivity index (χ0n) is 7.32. The third-order valence-electron chi connectivity index (χ3n) is 1.80. The highest BCUT2D eigenvalue weighted by Gasteiger charge is 2.11. The number of fused-ring (bicyclic) bond motifs is 1. The van der Waals surface area contributed by atoms with Crippen molar-refractivity contribution in [2.24, 2.45) is 0 Å². The molecule has 0 atom stereocenters. The minimum Gasteiger partial charge on any atom is -0.465 e. The summed E-state index contributed by atoms with van der Waals surface area (Å²) >= 11 is 5.88. The highest BCUT2D eigenvalue weighted by Crippen LogP contribution is 2.31. The number of nitrogens with two attached hydrogens (primary N) is 1. The topological polar surface area (TPSA) is 101 Å². The number of nitrogens with one attached hydrogen (secondary N) is 1. The molecule has 2 rings (SSSR count). The van der Waals surface area contributed by atoms with Crippen LogP contribution < -0.4 is 11.1 Å². The molecule has 0 saturated heterocycles. The molecule has 1 aromatic heterocycles. The predicted octanol–water partition coefficient (Wildman–Crippen LogP) is 2.15. The van der Waals surface area contributed by atoms with Crippen LogP contribution in [0.4, 0.5) is 16.3 Å². The SMILES string of the molecule is Nc1noc2cc(NC(=O)O)cc(Cl)c12. The van der Waals surface area contributed by atoms with Crippen LogP contribution in [-0.2, 0) is 0 Å². The number of hydrogen-bond donors (Lipinski definition) is 3. The maximum Gasteiger partial charge on any atom is 0.409 e. The number of amides is 1. The average molecular weight is 228 g/mol. The van der Waals surface area contributed by atoms with Crippen molar-refractivity contribution in [3.8, 4) is 0 Å². The van der Waals surface area contributed by atoms with Crippen molar-refractivity contribution in [3.05, 3.63) is 17.2 Å². The third kappa shape index (κ3) is 1.66. The van der Waals surface area contributed by atoms with Crippen molar-refractivity contribution < 1.29 is 14.4 Å². The summed E-state index contributed by atoms with van der Waals surface area (Å²) in [6.07, 6.45) is -1.18. The number of nitrogens with zero attached hydrogens (tertiary/aromatic N) is 1. The fourth-order valence-corrected chi connectivity index (χ4v) is 1.55. The first-order chi connectivity index (χ1) is 7.08. The van der Waals surface area contributed by atoms with E-state index in [1.165, 1.54) is 12.1 Å². The lowest BCUT2D eigenvalue weighted by Gasteiger charge is -2.01. The Morgan fingerprint density at radius 2 is 2.33 bits per heavy atom. The Hall–Kier alpha value is -1.95. The average Bonchev–Trinajstić information content (AvgIpc) is 2.46. The van der Waals surface area contributed by atoms with Gasteiger partial charge in [-0.1, -0.05) is 16.8 Å². The zero-order chi connectivity index (χ0) is 11.0. The van der Waals surface area contributed by atoms with Gasteiger partial charge in [-0.05, 0) is 6.07 Å². The van der Waals surface area contributed by atoms with E-state index in [2.05, 4.69) is 10.5 Å². The predicted molar refractivity (Wildman–Crippen MR) is 55.1 cm³/mol. The number of nitrogen functional groups attached to an aromatic ring is 1. The Morgan fingerprint density at radius 3 is 3.00 bits per heavy atom. The van der Waals surface area contributed by atoms with E-state index in [4.69, 9.17) is 27.0 Å². The van der Waals surface area contributed by atoms with Crippen molar-refractivity contribution in [2.75, 3.05) is 11.1 Å². The lowest BCUT2D eigenvalue weighted by molar-refractivity contribution is 0.210. The maximum absolute atomic E-state index is 10.4. The van der Waals surface area contributed by atoms with Gasteiger partial charge in [-0.15, -0.1) is 0 Å². The molecule has 0 spiro atoms. The van der Waals surface area contributed by atoms with Gasteiger partial charge < -0.3 is 15.4 Å². The van der Waals surface area contributed by atoms with Gasteiger partial charge in [-0.25, -0.2) is 4.79 Å². The van der Waals surface area contributed by atoms with Crippen LogP contribution in [-0.4, -0.2) is 16.4 Å². The van der Waals surface area contributed by atoms with Crippen molar-refractivity contribution in [1.82, 2.24) is 5.16 Å². The molecule has 15 heavy (non-hydrogen) atoms. The molecular formula is C8H6ClN3O3. The smallest absolute Gasteiger partial charge is 0.409 e. The quantitative estimate of drug-likeness (QED) is 0.693. The summed E-state index contributed by atoms with van der Waals surface area (Å²) in [6, 6.07) is 2.89. The summed E-state index contributed by atoms with van der Waals surface area (Å²) in [4.78, 5) is 10.4. The molecule has 0 aliphatic rings. The third-order valence-corrected chi connectivity index (χ3v) is 2.10. The number of hydrogen-bond acceptors (Lipinski definition) is 4. The Morgan fingerprint density at radius 1 is 1.60 bits per heavy atom. The number of aromatic nitrogens is 1. The molecule has 2 aromatic rings. The van der Waals surface area contributed by atoms with E-state index in [-0.39, 0.29) is 10.8 Å². The summed E-state index contributed by atoms with van der Waals surface area (Å²) in [5.74, 6) is 0.178. The minimum atomic E-state index is -1.18. The summed E-state index contributed by atoms with van der Waals surface area (Å²) in [5.41, 5.74) is 6.14. The van der Waals surface area contributed by atoms with Crippen molar-refractivity contribution in [1.29, 1.82) is 0 Å². The second-order valence-corrected chi connectivity index (χ2v) is 3.24. The van der Waals surface area contributed by atoms with Gasteiger partial charge in [0.25, 0.3) is 0 Å². The number of carbonyl (C=O) groups is 1. The van der Waals surface area contributed by atoms with Crippen LogP contribution in [0.3, 0.4) is 0 Å². The second kappa shape index (κ2) is 3.32. The summed E-state index contributed by atoms with van der Waals surface area (Å²) in [5, 5.41) is 14.9. The minimum absolute atomic E-state index is 0.178. The van der Waals surface area contributed by atoms with Crippen LogP contribution in [0, 0.1) is 0 Å². The van der Waals surface area contributed by atoms with Crippen LogP contribution in [0.25, 0.3) is 11.0 Å². The first-order valence-corrected chi connectivity index (χ1v) is 4.30. The second-order valence-electron chi connectivity index (χ2n) is 2.83. The first-order valence-electron chi connectivity index (χ1n) is 3.92. The molecule has 1 amide bonds. The number of benzene rings is 1. The molecule has 0 bridgehead atoms. The van der Waals surface area contributed by atoms with Crippen LogP contribution >= 0.6 is 11.6 Å². The van der Waals surface area contributed by atoms with Gasteiger partial charge in [-0.2, -0.15) is 0 Å². The normalized spacial score (nSPS) is 10.5. The highest BCUT2D eigenvalue weighted by atomic mass is 35.5. The lowest BCUT2D eigenvalue weighted by Crippen LogP contribution is -2.06. The van der Waals surface area contributed by atoms with E-state index >= 15 is 0 Å². The van der Waals surface area contributed by atoms with E-state index in [0.717, 1.165) is 0 Å². The molecule has 7 heteroatoms. The zero-order valence-corrected chi connectivity index (χ0v) is 8.08. The molecule has 0 aliphatic heterocycles. The summed E-state index contributed by atoms with van der Waals surface area (Å²) in [6.45, 7) is 0. The Labute approximate surface area is 88.6 Å². The maximum atomic E-state index is 10.4. The molecule has 78 valence electrons. The van der Waals surface area contributed by atoms with Gasteiger partial charge in [0.15, 0.2) is 11.4 Å². The largest absolute Gasteiger partial charge is 0.465 e. The monoisotopic (exact) mass is 227 g/mol. The van der Waals surface area contributed by atoms with Crippen LogP contribution in [0.15, 0.2) is 16.7 Å². The van der Waals surface area contributed by atoms with Crippen molar-refractivity contribution >= 4 is 40.2 Å². The lowest BCUT2D eigenvalue weighted by atomic mass is 10.2. The molecule has 0 aliphatic carbocycles. The molecule has 0 saturated carbocycles. The van der Waals surface area contributed by atoms with E-state index in [9.17, 15) is 4.79 Å². The van der Waals surface area contributed by atoms with E-state index < -0.39 is 6.09 Å². The fourth-order valence-electron chi connectivity index (χ4n) is 1.24. The van der Waals surface area contributed by atoms with E-state index in [0.29, 0.717) is 16.7 Å². The van der Waals surface area contributed by atoms with Crippen molar-refractivity contribution in [3.63, 3.8) is 0 Å². The van der Waals surface area contributed by atoms with Gasteiger partial charge in [0.05, 0.1) is 10.4 Å².